The molecule has 0 aromatic carbocycles. The van der Waals surface area contributed by atoms with Crippen LogP contribution < -0.4 is 5.73 Å². The lowest BCUT2D eigenvalue weighted by atomic mass is 10.2. The number of hydrogen-bond donors (Lipinski definition) is 2. The zero-order valence-electron chi connectivity index (χ0n) is 10.0. The highest BCUT2D eigenvalue weighted by Gasteiger charge is 2.17. The molecule has 2 aromatic heterocycles. The zero-order valence-corrected chi connectivity index (χ0v) is 11.7. The number of hydrogen-bond acceptors (Lipinski definition) is 9. The van der Waals surface area contributed by atoms with E-state index in [1.54, 1.807) is 6.92 Å². The summed E-state index contributed by atoms with van der Waals surface area (Å²) in [5.41, 5.74) is 5.43. The highest BCUT2D eigenvalue weighted by molar-refractivity contribution is 8.01. The Morgan fingerprint density at radius 2 is 2.35 bits per heavy atom. The minimum absolute atomic E-state index is 0.166. The minimum Gasteiger partial charge on any atom is -0.409 e. The second-order valence-electron chi connectivity index (χ2n) is 3.48. The van der Waals surface area contributed by atoms with E-state index >= 15 is 0 Å². The van der Waals surface area contributed by atoms with E-state index in [9.17, 15) is 10.1 Å². The van der Waals surface area contributed by atoms with E-state index in [0.29, 0.717) is 9.37 Å². The Morgan fingerprint density at radius 3 is 2.90 bits per heavy atom. The molecule has 20 heavy (non-hydrogen) atoms. The van der Waals surface area contributed by atoms with Crippen LogP contribution >= 0.6 is 23.1 Å². The molecule has 0 amide bonds. The molecule has 0 fully saturated rings. The summed E-state index contributed by atoms with van der Waals surface area (Å²) >= 11 is 2.48. The van der Waals surface area contributed by atoms with Crippen molar-refractivity contribution in [3.05, 3.63) is 32.9 Å². The lowest BCUT2D eigenvalue weighted by Crippen LogP contribution is -2.15. The van der Waals surface area contributed by atoms with Crippen LogP contribution in [0, 0.1) is 17.0 Å². The van der Waals surface area contributed by atoms with Crippen molar-refractivity contribution in [2.24, 2.45) is 10.9 Å². The van der Waals surface area contributed by atoms with Gasteiger partial charge in [0.2, 0.25) is 0 Å². The molecule has 0 aliphatic rings. The lowest BCUT2D eigenvalue weighted by molar-refractivity contribution is -0.385. The Labute approximate surface area is 120 Å². The second kappa shape index (κ2) is 5.79. The molecule has 0 aliphatic carbocycles. The van der Waals surface area contributed by atoms with Gasteiger partial charge in [0.15, 0.2) is 10.2 Å². The van der Waals surface area contributed by atoms with Gasteiger partial charge >= 0.3 is 0 Å². The molecule has 0 saturated heterocycles. The summed E-state index contributed by atoms with van der Waals surface area (Å²) in [6, 6.07) is 1.19. The maximum Gasteiger partial charge on any atom is 0.288 e. The van der Waals surface area contributed by atoms with Crippen molar-refractivity contribution in [3.63, 3.8) is 0 Å². The van der Waals surface area contributed by atoms with Crippen LogP contribution in [0.15, 0.2) is 26.8 Å². The third kappa shape index (κ3) is 3.00. The Bertz CT molecular complexity index is 686. The molecule has 104 valence electrons. The molecule has 0 atom stereocenters. The van der Waals surface area contributed by atoms with Crippen molar-refractivity contribution >= 4 is 34.6 Å². The first-order valence-corrected chi connectivity index (χ1v) is 6.75. The first-order chi connectivity index (χ1) is 9.51. The van der Waals surface area contributed by atoms with Gasteiger partial charge in [-0.2, -0.15) is 0 Å². The van der Waals surface area contributed by atoms with Crippen molar-refractivity contribution in [3.8, 4) is 0 Å². The summed E-state index contributed by atoms with van der Waals surface area (Å²) in [5.74, 6) is -0.259. The zero-order chi connectivity index (χ0) is 14.7. The van der Waals surface area contributed by atoms with Gasteiger partial charge in [-0.1, -0.05) is 16.5 Å². The summed E-state index contributed by atoms with van der Waals surface area (Å²) in [7, 11) is 0. The molecule has 0 spiro atoms. The molecule has 0 unspecified atom stereocenters. The quantitative estimate of drug-likeness (QED) is 0.284. The number of pyridine rings is 1. The number of amidine groups is 1. The van der Waals surface area contributed by atoms with Gasteiger partial charge in [0.1, 0.15) is 16.2 Å². The second-order valence-corrected chi connectivity index (χ2v) is 5.90. The van der Waals surface area contributed by atoms with E-state index in [1.807, 2.05) is 0 Å². The molecule has 2 heterocycles. The predicted molar refractivity (Wildman–Crippen MR) is 72.2 cm³/mol. The van der Waals surface area contributed by atoms with Crippen molar-refractivity contribution in [2.45, 2.75) is 16.3 Å². The molecule has 0 saturated carbocycles. The molecule has 0 radical (unpaired) electrons. The van der Waals surface area contributed by atoms with E-state index in [1.165, 1.54) is 17.4 Å². The lowest BCUT2D eigenvalue weighted by Gasteiger charge is -2.04. The van der Waals surface area contributed by atoms with Crippen LogP contribution in [0.25, 0.3) is 0 Å². The number of aromatic nitrogens is 3. The molecule has 2 rings (SSSR count). The first-order valence-electron chi connectivity index (χ1n) is 5.11. The van der Waals surface area contributed by atoms with Crippen LogP contribution in [-0.2, 0) is 0 Å². The van der Waals surface area contributed by atoms with Gasteiger partial charge in [0.05, 0.1) is 10.5 Å². The van der Waals surface area contributed by atoms with Gasteiger partial charge in [-0.3, -0.25) is 10.1 Å². The smallest absolute Gasteiger partial charge is 0.288 e. The van der Waals surface area contributed by atoms with Gasteiger partial charge < -0.3 is 10.9 Å². The molecule has 2 aromatic rings. The molecule has 11 heteroatoms. The van der Waals surface area contributed by atoms with Crippen LogP contribution in [0.4, 0.5) is 5.69 Å². The Morgan fingerprint density at radius 1 is 1.60 bits per heavy atom. The first kappa shape index (κ1) is 14.1. The van der Waals surface area contributed by atoms with Crippen LogP contribution in [0.2, 0.25) is 0 Å². The van der Waals surface area contributed by atoms with E-state index in [2.05, 4.69) is 20.3 Å². The van der Waals surface area contributed by atoms with E-state index in [0.717, 1.165) is 23.0 Å². The molecular weight excluding hydrogens is 304 g/mol. The minimum atomic E-state index is -0.606. The van der Waals surface area contributed by atoms with Crippen molar-refractivity contribution < 1.29 is 10.1 Å². The Kier molecular flexibility index (Phi) is 4.10. The van der Waals surface area contributed by atoms with E-state index in [-0.39, 0.29) is 17.1 Å². The average molecular weight is 312 g/mol. The van der Waals surface area contributed by atoms with Gasteiger partial charge in [-0.15, -0.1) is 10.2 Å². The van der Waals surface area contributed by atoms with Gasteiger partial charge in [0, 0.05) is 6.07 Å². The fourth-order valence-corrected chi connectivity index (χ4v) is 3.07. The maximum atomic E-state index is 10.7. The third-order valence-corrected chi connectivity index (χ3v) is 4.03. The monoisotopic (exact) mass is 312 g/mol. The van der Waals surface area contributed by atoms with Crippen LogP contribution in [-0.4, -0.2) is 31.1 Å². The fraction of sp³-hybridized carbons (Fsp3) is 0.111. The molecule has 0 bridgehead atoms. The summed E-state index contributed by atoms with van der Waals surface area (Å²) in [6.07, 6.45) is 1.10. The normalized spacial score (nSPS) is 11.6. The van der Waals surface area contributed by atoms with Crippen molar-refractivity contribution in [2.75, 3.05) is 0 Å². The topological polar surface area (TPSA) is 140 Å². The Balaban J connectivity index is 2.43. The Hall–Kier alpha value is -2.27. The van der Waals surface area contributed by atoms with Crippen molar-refractivity contribution in [1.82, 2.24) is 15.2 Å². The molecule has 0 aliphatic heterocycles. The third-order valence-electron chi connectivity index (χ3n) is 2.12. The fourth-order valence-electron chi connectivity index (χ4n) is 1.26. The molecular formula is C9H8N6O3S2. The van der Waals surface area contributed by atoms with Crippen LogP contribution in [0.5, 0.6) is 0 Å². The molecule has 3 N–H and O–H groups in total. The highest BCUT2D eigenvalue weighted by atomic mass is 32.2. The molecule has 9 nitrogen and oxygen atoms in total. The SMILES string of the molecule is Cc1nnc(Sc2ncc([N+](=O)[O-])cc2C(N)=NO)s1. The highest BCUT2D eigenvalue weighted by Crippen LogP contribution is 2.32. The standard InChI is InChI=1S/C9H8N6O3S2/c1-4-12-13-9(19-4)20-8-6(7(10)14-16)2-5(3-11-8)15(17)18/h2-3,16H,1H3,(H2,10,14). The van der Waals surface area contributed by atoms with E-state index in [4.69, 9.17) is 10.9 Å². The van der Waals surface area contributed by atoms with Crippen LogP contribution in [0.1, 0.15) is 10.6 Å². The van der Waals surface area contributed by atoms with Crippen molar-refractivity contribution in [1.29, 1.82) is 0 Å². The number of nitrogens with zero attached hydrogens (tertiary/aromatic N) is 5. The van der Waals surface area contributed by atoms with Gasteiger partial charge in [-0.25, -0.2) is 4.98 Å². The summed E-state index contributed by atoms with van der Waals surface area (Å²) < 4.78 is 0.607. The predicted octanol–water partition coefficient (Wildman–Crippen LogP) is 1.40. The number of rotatable bonds is 4. The largest absolute Gasteiger partial charge is 0.409 e. The number of nitrogens with two attached hydrogens (primary N) is 1. The number of nitro groups is 1. The summed E-state index contributed by atoms with van der Waals surface area (Å²) in [5, 5.41) is 31.2. The van der Waals surface area contributed by atoms with Crippen LogP contribution in [0.3, 0.4) is 0 Å². The number of oxime groups is 1. The van der Waals surface area contributed by atoms with Gasteiger partial charge in [-0.05, 0) is 18.7 Å². The summed E-state index contributed by atoms with van der Waals surface area (Å²) in [4.78, 5) is 14.1. The van der Waals surface area contributed by atoms with Gasteiger partial charge in [0.25, 0.3) is 5.69 Å². The number of aryl methyl sites for hydroxylation is 1. The summed E-state index contributed by atoms with van der Waals surface area (Å²) in [6.45, 7) is 1.80. The average Bonchev–Trinajstić information content (AvgIpc) is 2.83. The maximum absolute atomic E-state index is 10.7. The van der Waals surface area contributed by atoms with E-state index < -0.39 is 4.92 Å².